The number of hydrogen-bond donors (Lipinski definition) is 0. The minimum absolute atomic E-state index is 0.254. The number of aromatic nitrogens is 2. The van der Waals surface area contributed by atoms with E-state index in [-0.39, 0.29) is 5.75 Å². The molecule has 0 amide bonds. The maximum absolute atomic E-state index is 12.0. The zero-order chi connectivity index (χ0) is 12.3. The fourth-order valence-corrected chi connectivity index (χ4v) is 2.29. The first-order valence-corrected chi connectivity index (χ1v) is 6.32. The summed E-state index contributed by atoms with van der Waals surface area (Å²) in [7, 11) is 0.419. The van der Waals surface area contributed by atoms with E-state index in [0.717, 1.165) is 5.75 Å². The Labute approximate surface area is 101 Å². The maximum Gasteiger partial charge on any atom is 0.223 e. The largest absolute Gasteiger partial charge is 0.497 e. The Morgan fingerprint density at radius 3 is 2.59 bits per heavy atom. The van der Waals surface area contributed by atoms with Crippen molar-refractivity contribution < 1.29 is 13.5 Å². The number of rotatable bonds is 4. The van der Waals surface area contributed by atoms with Crippen molar-refractivity contribution >= 4 is 10.8 Å². The first-order chi connectivity index (χ1) is 8.19. The van der Waals surface area contributed by atoms with Gasteiger partial charge in [-0.3, -0.25) is 4.21 Å². The van der Waals surface area contributed by atoms with Crippen LogP contribution in [0.5, 0.6) is 5.75 Å². The Morgan fingerprint density at radius 1 is 1.35 bits per heavy atom. The predicted molar refractivity (Wildman–Crippen MR) is 62.1 cm³/mol. The van der Waals surface area contributed by atoms with Crippen LogP contribution in [0.4, 0.5) is 0 Å². The molecule has 1 atom stereocenters. The van der Waals surface area contributed by atoms with Crippen molar-refractivity contribution in [2.45, 2.75) is 17.6 Å². The van der Waals surface area contributed by atoms with Crippen LogP contribution < -0.4 is 4.74 Å². The Balaban J connectivity index is 2.09. The predicted octanol–water partition coefficient (Wildman–Crippen LogP) is 1.69. The molecular formula is C11H12N2O3S. The molecule has 0 fully saturated rings. The van der Waals surface area contributed by atoms with Crippen molar-refractivity contribution in [3.8, 4) is 5.75 Å². The van der Waals surface area contributed by atoms with Crippen LogP contribution in [0.3, 0.4) is 0 Å². The quantitative estimate of drug-likeness (QED) is 0.828. The molecule has 17 heavy (non-hydrogen) atoms. The lowest BCUT2D eigenvalue weighted by molar-refractivity contribution is 0.389. The first-order valence-electron chi connectivity index (χ1n) is 5.00. The molecule has 1 heterocycles. The molecule has 90 valence electrons. The molecule has 0 bridgehead atoms. The van der Waals surface area contributed by atoms with Crippen LogP contribution in [0.25, 0.3) is 0 Å². The normalized spacial score (nSPS) is 12.4. The van der Waals surface area contributed by atoms with E-state index >= 15 is 0 Å². The molecule has 6 heteroatoms. The lowest BCUT2D eigenvalue weighted by atomic mass is 10.3. The summed E-state index contributed by atoms with van der Waals surface area (Å²) in [4.78, 5) is 4.73. The molecule has 0 N–H and O–H groups in total. The Bertz CT molecular complexity index is 522. The molecule has 0 radical (unpaired) electrons. The van der Waals surface area contributed by atoms with E-state index in [0.29, 0.717) is 16.6 Å². The van der Waals surface area contributed by atoms with Crippen molar-refractivity contribution in [3.63, 3.8) is 0 Å². The van der Waals surface area contributed by atoms with Crippen molar-refractivity contribution in [1.29, 1.82) is 0 Å². The summed E-state index contributed by atoms with van der Waals surface area (Å²) in [6, 6.07) is 7.08. The third-order valence-corrected chi connectivity index (χ3v) is 3.47. The molecule has 2 rings (SSSR count). The molecule has 0 saturated carbocycles. The molecule has 0 saturated heterocycles. The molecule has 1 aromatic carbocycles. The summed E-state index contributed by atoms with van der Waals surface area (Å²) in [6.45, 7) is 1.70. The fraction of sp³-hybridized carbons (Fsp3) is 0.273. The molecule has 0 unspecified atom stereocenters. The highest BCUT2D eigenvalue weighted by Gasteiger charge is 2.09. The molecule has 2 aromatic rings. The van der Waals surface area contributed by atoms with E-state index in [9.17, 15) is 4.21 Å². The zero-order valence-electron chi connectivity index (χ0n) is 9.54. The number of hydrogen-bond acceptors (Lipinski definition) is 5. The Morgan fingerprint density at radius 2 is 2.06 bits per heavy atom. The summed E-state index contributed by atoms with van der Waals surface area (Å²) >= 11 is 0. The third-order valence-electron chi connectivity index (χ3n) is 2.15. The van der Waals surface area contributed by atoms with Crippen LogP contribution in [0.1, 0.15) is 11.7 Å². The third kappa shape index (κ3) is 2.91. The number of benzene rings is 1. The van der Waals surface area contributed by atoms with Gasteiger partial charge >= 0.3 is 0 Å². The summed E-state index contributed by atoms with van der Waals surface area (Å²) in [5.41, 5.74) is 0. The SMILES string of the molecule is COc1ccc([S@@](=O)Cc2noc(C)n2)cc1. The van der Waals surface area contributed by atoms with Crippen LogP contribution in [0, 0.1) is 6.92 Å². The van der Waals surface area contributed by atoms with Gasteiger partial charge in [-0.25, -0.2) is 0 Å². The smallest absolute Gasteiger partial charge is 0.223 e. The van der Waals surface area contributed by atoms with Crippen molar-refractivity contribution in [2.24, 2.45) is 0 Å². The summed E-state index contributed by atoms with van der Waals surface area (Å²) in [5, 5.41) is 3.71. The van der Waals surface area contributed by atoms with E-state index < -0.39 is 10.8 Å². The Hall–Kier alpha value is -1.69. The molecule has 1 aromatic heterocycles. The van der Waals surface area contributed by atoms with Crippen LogP contribution in [0.15, 0.2) is 33.7 Å². The highest BCUT2D eigenvalue weighted by Crippen LogP contribution is 2.16. The average molecular weight is 252 g/mol. The van der Waals surface area contributed by atoms with Gasteiger partial charge in [0.15, 0.2) is 5.82 Å². The summed E-state index contributed by atoms with van der Waals surface area (Å²) in [5.74, 6) is 1.92. The lowest BCUT2D eigenvalue weighted by Gasteiger charge is -2.01. The minimum Gasteiger partial charge on any atom is -0.497 e. The fourth-order valence-electron chi connectivity index (χ4n) is 1.33. The second-order valence-corrected chi connectivity index (χ2v) is 4.85. The van der Waals surface area contributed by atoms with Crippen LogP contribution >= 0.6 is 0 Å². The van der Waals surface area contributed by atoms with Gasteiger partial charge in [-0.1, -0.05) is 5.16 Å². The Kier molecular flexibility index (Phi) is 3.53. The number of ether oxygens (including phenoxy) is 1. The lowest BCUT2D eigenvalue weighted by Crippen LogP contribution is -1.98. The summed E-state index contributed by atoms with van der Waals surface area (Å²) < 4.78 is 21.8. The first kappa shape index (κ1) is 11.8. The zero-order valence-corrected chi connectivity index (χ0v) is 10.4. The molecule has 0 aliphatic rings. The topological polar surface area (TPSA) is 65.2 Å². The van der Waals surface area contributed by atoms with Gasteiger partial charge in [0.1, 0.15) is 5.75 Å². The number of aryl methyl sites for hydroxylation is 1. The van der Waals surface area contributed by atoms with E-state index in [1.54, 1.807) is 38.3 Å². The maximum atomic E-state index is 12.0. The molecule has 0 aliphatic carbocycles. The monoisotopic (exact) mass is 252 g/mol. The molecule has 0 spiro atoms. The molecule has 5 nitrogen and oxygen atoms in total. The van der Waals surface area contributed by atoms with Crippen LogP contribution in [0.2, 0.25) is 0 Å². The minimum atomic E-state index is -1.17. The van der Waals surface area contributed by atoms with Gasteiger partial charge in [0, 0.05) is 11.8 Å². The van der Waals surface area contributed by atoms with Crippen LogP contribution in [-0.2, 0) is 16.6 Å². The number of methoxy groups -OCH3 is 1. The highest BCUT2D eigenvalue weighted by atomic mass is 32.2. The number of nitrogens with zero attached hydrogens (tertiary/aromatic N) is 2. The highest BCUT2D eigenvalue weighted by molar-refractivity contribution is 7.84. The van der Waals surface area contributed by atoms with Crippen LogP contribution in [-0.4, -0.2) is 21.5 Å². The van der Waals surface area contributed by atoms with Gasteiger partial charge < -0.3 is 9.26 Å². The van der Waals surface area contributed by atoms with Gasteiger partial charge in [0.25, 0.3) is 0 Å². The second kappa shape index (κ2) is 5.09. The van der Waals surface area contributed by atoms with E-state index in [2.05, 4.69) is 10.1 Å². The second-order valence-electron chi connectivity index (χ2n) is 3.40. The van der Waals surface area contributed by atoms with E-state index in [1.165, 1.54) is 0 Å². The van der Waals surface area contributed by atoms with Gasteiger partial charge in [0.05, 0.1) is 23.7 Å². The standard InChI is InChI=1S/C11H12N2O3S/c1-8-12-11(13-16-8)7-17(14)10-5-3-9(15-2)4-6-10/h3-6H,7H2,1-2H3/t17-/m0/s1. The van der Waals surface area contributed by atoms with E-state index in [1.807, 2.05) is 0 Å². The van der Waals surface area contributed by atoms with Crippen molar-refractivity contribution in [2.75, 3.05) is 7.11 Å². The van der Waals surface area contributed by atoms with Crippen molar-refractivity contribution in [1.82, 2.24) is 10.1 Å². The van der Waals surface area contributed by atoms with Gasteiger partial charge in [-0.2, -0.15) is 4.98 Å². The van der Waals surface area contributed by atoms with Gasteiger partial charge in [-0.05, 0) is 24.3 Å². The van der Waals surface area contributed by atoms with Crippen molar-refractivity contribution in [3.05, 3.63) is 36.0 Å². The summed E-state index contributed by atoms with van der Waals surface area (Å²) in [6.07, 6.45) is 0. The van der Waals surface area contributed by atoms with Gasteiger partial charge in [-0.15, -0.1) is 0 Å². The average Bonchev–Trinajstić information content (AvgIpc) is 2.75. The van der Waals surface area contributed by atoms with E-state index in [4.69, 9.17) is 9.26 Å². The van der Waals surface area contributed by atoms with Gasteiger partial charge in [0.2, 0.25) is 5.89 Å². The molecular weight excluding hydrogens is 240 g/mol. The molecule has 0 aliphatic heterocycles.